The second kappa shape index (κ2) is 5.76. The lowest BCUT2D eigenvalue weighted by Crippen LogP contribution is -2.29. The standard InChI is InChI=1S/C14H21N5O/c1-17-6-12(5-16-17)7-18-8-13(11-20-2)9-19-4-3-15-14(19)10-18/h3-6,13H,7-11H2,1-2H3/t13-/m1/s1. The van der Waals surface area contributed by atoms with Crippen LogP contribution < -0.4 is 0 Å². The first-order chi connectivity index (χ1) is 9.74. The molecule has 0 bridgehead atoms. The van der Waals surface area contributed by atoms with Gasteiger partial charge in [0.05, 0.1) is 19.3 Å². The summed E-state index contributed by atoms with van der Waals surface area (Å²) in [6, 6.07) is 0. The Morgan fingerprint density at radius 1 is 1.40 bits per heavy atom. The number of methoxy groups -OCH3 is 1. The SMILES string of the molecule is COC[C@@H]1CN(Cc2cnn(C)c2)Cc2nccn2C1. The lowest BCUT2D eigenvalue weighted by atomic mass is 10.1. The Morgan fingerprint density at radius 2 is 2.30 bits per heavy atom. The largest absolute Gasteiger partial charge is 0.384 e. The van der Waals surface area contributed by atoms with Crippen molar-refractivity contribution in [2.45, 2.75) is 19.6 Å². The monoisotopic (exact) mass is 275 g/mol. The summed E-state index contributed by atoms with van der Waals surface area (Å²) in [5.74, 6) is 1.62. The number of nitrogens with zero attached hydrogens (tertiary/aromatic N) is 5. The molecule has 2 aromatic heterocycles. The van der Waals surface area contributed by atoms with Gasteiger partial charge in [0.15, 0.2) is 0 Å². The predicted molar refractivity (Wildman–Crippen MR) is 74.9 cm³/mol. The van der Waals surface area contributed by atoms with Crippen LogP contribution in [-0.4, -0.2) is 44.5 Å². The van der Waals surface area contributed by atoms with E-state index in [1.54, 1.807) is 7.11 Å². The van der Waals surface area contributed by atoms with Crippen molar-refractivity contribution in [2.24, 2.45) is 13.0 Å². The third-order valence-electron chi connectivity index (χ3n) is 3.70. The van der Waals surface area contributed by atoms with Gasteiger partial charge < -0.3 is 9.30 Å². The average molecular weight is 275 g/mol. The van der Waals surface area contributed by atoms with Gasteiger partial charge in [-0.1, -0.05) is 0 Å². The molecular formula is C14H21N5O. The summed E-state index contributed by atoms with van der Waals surface area (Å²) in [5, 5.41) is 4.24. The average Bonchev–Trinajstić information content (AvgIpc) is 2.96. The molecule has 1 aliphatic rings. The van der Waals surface area contributed by atoms with Crippen LogP contribution in [0.1, 0.15) is 11.4 Å². The molecule has 1 aliphatic heterocycles. The van der Waals surface area contributed by atoms with Crippen LogP contribution in [-0.2, 0) is 31.4 Å². The van der Waals surface area contributed by atoms with Crippen LogP contribution in [0.5, 0.6) is 0 Å². The maximum absolute atomic E-state index is 5.35. The normalized spacial score (nSPS) is 19.8. The van der Waals surface area contributed by atoms with E-state index in [9.17, 15) is 0 Å². The fourth-order valence-electron chi connectivity index (χ4n) is 2.90. The molecule has 0 spiro atoms. The van der Waals surface area contributed by atoms with E-state index >= 15 is 0 Å². The Bertz CT molecular complexity index is 561. The van der Waals surface area contributed by atoms with Gasteiger partial charge in [0.1, 0.15) is 5.82 Å². The zero-order chi connectivity index (χ0) is 13.9. The quantitative estimate of drug-likeness (QED) is 0.831. The van der Waals surface area contributed by atoms with E-state index in [0.29, 0.717) is 5.92 Å². The molecule has 0 saturated heterocycles. The predicted octanol–water partition coefficient (Wildman–Crippen LogP) is 0.895. The Morgan fingerprint density at radius 3 is 3.05 bits per heavy atom. The van der Waals surface area contributed by atoms with Gasteiger partial charge in [-0.25, -0.2) is 4.98 Å². The first-order valence-corrected chi connectivity index (χ1v) is 6.93. The summed E-state index contributed by atoms with van der Waals surface area (Å²) >= 11 is 0. The van der Waals surface area contributed by atoms with Crippen LogP contribution >= 0.6 is 0 Å². The van der Waals surface area contributed by atoms with Gasteiger partial charge in [0, 0.05) is 63.9 Å². The van der Waals surface area contributed by atoms with E-state index in [1.807, 2.05) is 24.1 Å². The van der Waals surface area contributed by atoms with E-state index < -0.39 is 0 Å². The van der Waals surface area contributed by atoms with Crippen molar-refractivity contribution in [3.63, 3.8) is 0 Å². The molecule has 3 rings (SSSR count). The summed E-state index contributed by atoms with van der Waals surface area (Å²) < 4.78 is 9.45. The van der Waals surface area contributed by atoms with Crippen molar-refractivity contribution >= 4 is 0 Å². The molecule has 6 nitrogen and oxygen atoms in total. The lowest BCUT2D eigenvalue weighted by molar-refractivity contribution is 0.115. The zero-order valence-corrected chi connectivity index (χ0v) is 12.1. The molecule has 0 saturated carbocycles. The molecule has 6 heteroatoms. The number of fused-ring (bicyclic) bond motifs is 1. The van der Waals surface area contributed by atoms with Gasteiger partial charge in [-0.05, 0) is 0 Å². The lowest BCUT2D eigenvalue weighted by Gasteiger charge is -2.22. The topological polar surface area (TPSA) is 48.1 Å². The second-order valence-corrected chi connectivity index (χ2v) is 5.51. The fraction of sp³-hybridized carbons (Fsp3) is 0.571. The molecular weight excluding hydrogens is 254 g/mol. The first-order valence-electron chi connectivity index (χ1n) is 6.93. The number of aromatic nitrogens is 4. The summed E-state index contributed by atoms with van der Waals surface area (Å²) in [7, 11) is 3.72. The third kappa shape index (κ3) is 2.91. The molecule has 0 fully saturated rings. The fourth-order valence-corrected chi connectivity index (χ4v) is 2.90. The third-order valence-corrected chi connectivity index (χ3v) is 3.70. The van der Waals surface area contributed by atoms with Crippen LogP contribution in [0, 0.1) is 5.92 Å². The highest BCUT2D eigenvalue weighted by molar-refractivity contribution is 5.04. The van der Waals surface area contributed by atoms with E-state index in [0.717, 1.165) is 38.6 Å². The molecule has 108 valence electrons. The molecule has 0 amide bonds. The number of ether oxygens (including phenoxy) is 1. The van der Waals surface area contributed by atoms with Gasteiger partial charge in [-0.3, -0.25) is 9.58 Å². The summed E-state index contributed by atoms with van der Waals surface area (Å²) in [6.07, 6.45) is 7.95. The number of imidazole rings is 1. The van der Waals surface area contributed by atoms with Crippen molar-refractivity contribution in [3.8, 4) is 0 Å². The Balaban J connectivity index is 1.76. The molecule has 0 aromatic carbocycles. The minimum absolute atomic E-state index is 0.493. The van der Waals surface area contributed by atoms with Gasteiger partial charge in [0.25, 0.3) is 0 Å². The Kier molecular flexibility index (Phi) is 3.84. The zero-order valence-electron chi connectivity index (χ0n) is 12.1. The molecule has 20 heavy (non-hydrogen) atoms. The van der Waals surface area contributed by atoms with Crippen molar-refractivity contribution in [1.82, 2.24) is 24.2 Å². The van der Waals surface area contributed by atoms with Crippen molar-refractivity contribution in [2.75, 3.05) is 20.3 Å². The molecule has 0 aliphatic carbocycles. The highest BCUT2D eigenvalue weighted by Crippen LogP contribution is 2.17. The van der Waals surface area contributed by atoms with E-state index in [-0.39, 0.29) is 0 Å². The summed E-state index contributed by atoms with van der Waals surface area (Å²) in [4.78, 5) is 6.89. The maximum Gasteiger partial charge on any atom is 0.122 e. The molecule has 0 radical (unpaired) electrons. The molecule has 2 aromatic rings. The van der Waals surface area contributed by atoms with Crippen LogP contribution in [0.2, 0.25) is 0 Å². The summed E-state index contributed by atoms with van der Waals surface area (Å²) in [6.45, 7) is 4.56. The van der Waals surface area contributed by atoms with E-state index in [4.69, 9.17) is 4.74 Å². The van der Waals surface area contributed by atoms with Crippen molar-refractivity contribution in [3.05, 3.63) is 36.2 Å². The minimum Gasteiger partial charge on any atom is -0.384 e. The first kappa shape index (κ1) is 13.3. The molecule has 0 N–H and O–H groups in total. The number of hydrogen-bond donors (Lipinski definition) is 0. The molecule has 3 heterocycles. The highest BCUT2D eigenvalue weighted by atomic mass is 16.5. The van der Waals surface area contributed by atoms with Crippen LogP contribution in [0.25, 0.3) is 0 Å². The Hall–Kier alpha value is -1.66. The minimum atomic E-state index is 0.493. The van der Waals surface area contributed by atoms with E-state index in [2.05, 4.69) is 31.9 Å². The van der Waals surface area contributed by atoms with Crippen LogP contribution in [0.3, 0.4) is 0 Å². The smallest absolute Gasteiger partial charge is 0.122 e. The van der Waals surface area contributed by atoms with Crippen molar-refractivity contribution < 1.29 is 4.74 Å². The van der Waals surface area contributed by atoms with Gasteiger partial charge >= 0.3 is 0 Å². The number of rotatable bonds is 4. The van der Waals surface area contributed by atoms with Crippen molar-refractivity contribution in [1.29, 1.82) is 0 Å². The second-order valence-electron chi connectivity index (χ2n) is 5.51. The van der Waals surface area contributed by atoms with Gasteiger partial charge in [-0.15, -0.1) is 0 Å². The maximum atomic E-state index is 5.35. The number of aryl methyl sites for hydroxylation is 1. The highest BCUT2D eigenvalue weighted by Gasteiger charge is 2.22. The van der Waals surface area contributed by atoms with Crippen LogP contribution in [0.15, 0.2) is 24.8 Å². The molecule has 1 atom stereocenters. The van der Waals surface area contributed by atoms with Gasteiger partial charge in [0.2, 0.25) is 0 Å². The van der Waals surface area contributed by atoms with Crippen LogP contribution in [0.4, 0.5) is 0 Å². The Labute approximate surface area is 119 Å². The van der Waals surface area contributed by atoms with Gasteiger partial charge in [-0.2, -0.15) is 5.10 Å². The molecule has 0 unspecified atom stereocenters. The summed E-state index contributed by atoms with van der Waals surface area (Å²) in [5.41, 5.74) is 1.24. The number of hydrogen-bond acceptors (Lipinski definition) is 4. The van der Waals surface area contributed by atoms with E-state index in [1.165, 1.54) is 5.56 Å².